The molecule has 2 aromatic rings. The van der Waals surface area contributed by atoms with Gasteiger partial charge in [-0.25, -0.2) is 0 Å². The molecule has 1 aromatic carbocycles. The predicted molar refractivity (Wildman–Crippen MR) is 74.7 cm³/mol. The molecule has 0 atom stereocenters. The van der Waals surface area contributed by atoms with E-state index in [0.717, 1.165) is 25.1 Å². The second kappa shape index (κ2) is 5.54. The van der Waals surface area contributed by atoms with Gasteiger partial charge in [0.2, 0.25) is 0 Å². The van der Waals surface area contributed by atoms with Gasteiger partial charge in [-0.1, -0.05) is 0 Å². The van der Waals surface area contributed by atoms with E-state index in [4.69, 9.17) is 0 Å². The lowest BCUT2D eigenvalue weighted by atomic mass is 10.2. The Balaban J connectivity index is 2.30. The molecule has 0 bridgehead atoms. The highest BCUT2D eigenvalue weighted by molar-refractivity contribution is 5.74. The minimum Gasteiger partial charge on any atom is -0.372 e. The van der Waals surface area contributed by atoms with Crippen LogP contribution >= 0.6 is 0 Å². The summed E-state index contributed by atoms with van der Waals surface area (Å²) < 4.78 is 1.89. The maximum atomic E-state index is 10.9. The Hall–Kier alpha value is -2.03. The van der Waals surface area contributed by atoms with Crippen LogP contribution < -0.4 is 4.90 Å². The smallest absolute Gasteiger partial charge is 0.166 e. The standard InChI is InChI=1S/C15H18N2O/c1-3-16(4-2)13-7-9-14(10-8-13)17-11-5-6-15(17)12-18/h5-12H,3-4H2,1-2H3. The third-order valence-corrected chi connectivity index (χ3v) is 3.16. The van der Waals surface area contributed by atoms with Crippen LogP contribution in [0.2, 0.25) is 0 Å². The van der Waals surface area contributed by atoms with E-state index in [-0.39, 0.29) is 0 Å². The number of aromatic nitrogens is 1. The van der Waals surface area contributed by atoms with Crippen LogP contribution in [0.3, 0.4) is 0 Å². The number of hydrogen-bond acceptors (Lipinski definition) is 2. The Bertz CT molecular complexity index is 510. The zero-order chi connectivity index (χ0) is 13.0. The van der Waals surface area contributed by atoms with Gasteiger partial charge in [0, 0.05) is 30.7 Å². The molecule has 0 saturated heterocycles. The van der Waals surface area contributed by atoms with Crippen molar-refractivity contribution in [2.45, 2.75) is 13.8 Å². The maximum absolute atomic E-state index is 10.9. The Kier molecular flexibility index (Phi) is 3.82. The highest BCUT2D eigenvalue weighted by Crippen LogP contribution is 2.18. The topological polar surface area (TPSA) is 25.2 Å². The van der Waals surface area contributed by atoms with Gasteiger partial charge in [0.05, 0.1) is 5.69 Å². The highest BCUT2D eigenvalue weighted by atomic mass is 16.1. The van der Waals surface area contributed by atoms with Crippen LogP contribution in [0.25, 0.3) is 5.69 Å². The first-order chi connectivity index (χ1) is 8.80. The van der Waals surface area contributed by atoms with Gasteiger partial charge in [0.1, 0.15) is 0 Å². The molecule has 1 heterocycles. The zero-order valence-corrected chi connectivity index (χ0v) is 10.8. The largest absolute Gasteiger partial charge is 0.372 e. The molecule has 0 amide bonds. The molecule has 0 aliphatic heterocycles. The van der Waals surface area contributed by atoms with E-state index in [1.54, 1.807) is 0 Å². The number of anilines is 1. The highest BCUT2D eigenvalue weighted by Gasteiger charge is 2.04. The second-order valence-corrected chi connectivity index (χ2v) is 4.11. The summed E-state index contributed by atoms with van der Waals surface area (Å²) in [6.45, 7) is 6.29. The van der Waals surface area contributed by atoms with Crippen molar-refractivity contribution in [3.63, 3.8) is 0 Å². The van der Waals surface area contributed by atoms with Gasteiger partial charge in [-0.3, -0.25) is 4.79 Å². The number of carbonyl (C=O) groups is 1. The van der Waals surface area contributed by atoms with Crippen molar-refractivity contribution in [3.8, 4) is 5.69 Å². The molecule has 0 saturated carbocycles. The van der Waals surface area contributed by atoms with Crippen molar-refractivity contribution in [1.82, 2.24) is 4.57 Å². The van der Waals surface area contributed by atoms with Crippen LogP contribution in [0.1, 0.15) is 24.3 Å². The molecule has 2 rings (SSSR count). The Morgan fingerprint density at radius 3 is 2.33 bits per heavy atom. The summed E-state index contributed by atoms with van der Waals surface area (Å²) in [5.74, 6) is 0. The first kappa shape index (κ1) is 12.4. The van der Waals surface area contributed by atoms with Crippen molar-refractivity contribution >= 4 is 12.0 Å². The number of aldehydes is 1. The van der Waals surface area contributed by atoms with Gasteiger partial charge in [-0.15, -0.1) is 0 Å². The van der Waals surface area contributed by atoms with Crippen LogP contribution in [-0.4, -0.2) is 23.9 Å². The lowest BCUT2D eigenvalue weighted by Gasteiger charge is -2.21. The summed E-state index contributed by atoms with van der Waals surface area (Å²) in [6.07, 6.45) is 2.77. The van der Waals surface area contributed by atoms with Crippen molar-refractivity contribution in [3.05, 3.63) is 48.3 Å². The van der Waals surface area contributed by atoms with E-state index in [1.807, 2.05) is 35.0 Å². The Morgan fingerprint density at radius 1 is 1.11 bits per heavy atom. The molecule has 0 N–H and O–H groups in total. The molecule has 3 nitrogen and oxygen atoms in total. The SMILES string of the molecule is CCN(CC)c1ccc(-n2cccc2C=O)cc1. The molecule has 0 aliphatic carbocycles. The van der Waals surface area contributed by atoms with Crippen molar-refractivity contribution in [2.24, 2.45) is 0 Å². The third-order valence-electron chi connectivity index (χ3n) is 3.16. The Morgan fingerprint density at radius 2 is 1.78 bits per heavy atom. The normalized spacial score (nSPS) is 10.3. The minimum atomic E-state index is 0.672. The summed E-state index contributed by atoms with van der Waals surface area (Å²) in [6, 6.07) is 12.0. The molecule has 94 valence electrons. The first-order valence-corrected chi connectivity index (χ1v) is 6.28. The number of hydrogen-bond donors (Lipinski definition) is 0. The second-order valence-electron chi connectivity index (χ2n) is 4.11. The monoisotopic (exact) mass is 242 g/mol. The van der Waals surface area contributed by atoms with Crippen molar-refractivity contribution in [1.29, 1.82) is 0 Å². The first-order valence-electron chi connectivity index (χ1n) is 6.28. The van der Waals surface area contributed by atoms with E-state index in [0.29, 0.717) is 5.69 Å². The van der Waals surface area contributed by atoms with Crippen LogP contribution in [0.15, 0.2) is 42.6 Å². The maximum Gasteiger partial charge on any atom is 0.166 e. The summed E-state index contributed by atoms with van der Waals surface area (Å²) >= 11 is 0. The summed E-state index contributed by atoms with van der Waals surface area (Å²) in [5, 5.41) is 0. The molecule has 0 fully saturated rings. The van der Waals surface area contributed by atoms with Crippen LogP contribution in [0.5, 0.6) is 0 Å². The van der Waals surface area contributed by atoms with Gasteiger partial charge in [0.15, 0.2) is 6.29 Å². The molecule has 0 aliphatic rings. The van der Waals surface area contributed by atoms with E-state index in [1.165, 1.54) is 5.69 Å². The third kappa shape index (κ3) is 2.30. The summed E-state index contributed by atoms with van der Waals surface area (Å²) in [7, 11) is 0. The molecular weight excluding hydrogens is 224 g/mol. The fourth-order valence-corrected chi connectivity index (χ4v) is 2.14. The molecule has 1 aromatic heterocycles. The van der Waals surface area contributed by atoms with Crippen LogP contribution in [0.4, 0.5) is 5.69 Å². The molecular formula is C15H18N2O. The van der Waals surface area contributed by atoms with Gasteiger partial charge >= 0.3 is 0 Å². The van der Waals surface area contributed by atoms with Gasteiger partial charge < -0.3 is 9.47 Å². The average Bonchev–Trinajstić information content (AvgIpc) is 2.89. The summed E-state index contributed by atoms with van der Waals surface area (Å²) in [5.41, 5.74) is 2.90. The van der Waals surface area contributed by atoms with Crippen LogP contribution in [-0.2, 0) is 0 Å². The summed E-state index contributed by atoms with van der Waals surface area (Å²) in [4.78, 5) is 13.2. The number of nitrogens with zero attached hydrogens (tertiary/aromatic N) is 2. The predicted octanol–water partition coefficient (Wildman–Crippen LogP) is 3.14. The van der Waals surface area contributed by atoms with E-state index < -0.39 is 0 Å². The number of benzene rings is 1. The van der Waals surface area contributed by atoms with Crippen molar-refractivity contribution < 1.29 is 4.79 Å². The van der Waals surface area contributed by atoms with E-state index in [9.17, 15) is 4.79 Å². The lowest BCUT2D eigenvalue weighted by Crippen LogP contribution is -2.21. The molecule has 3 heteroatoms. The van der Waals surface area contributed by atoms with Crippen molar-refractivity contribution in [2.75, 3.05) is 18.0 Å². The van der Waals surface area contributed by atoms with Crippen LogP contribution in [0, 0.1) is 0 Å². The molecule has 0 radical (unpaired) electrons. The molecule has 0 unspecified atom stereocenters. The fraction of sp³-hybridized carbons (Fsp3) is 0.267. The number of rotatable bonds is 5. The Labute approximate surface area is 108 Å². The number of carbonyl (C=O) groups excluding carboxylic acids is 1. The zero-order valence-electron chi connectivity index (χ0n) is 10.8. The minimum absolute atomic E-state index is 0.672. The quantitative estimate of drug-likeness (QED) is 0.753. The van der Waals surface area contributed by atoms with Gasteiger partial charge in [0.25, 0.3) is 0 Å². The van der Waals surface area contributed by atoms with E-state index >= 15 is 0 Å². The lowest BCUT2D eigenvalue weighted by molar-refractivity contribution is 0.111. The van der Waals surface area contributed by atoms with Gasteiger partial charge in [-0.05, 0) is 50.2 Å². The average molecular weight is 242 g/mol. The van der Waals surface area contributed by atoms with E-state index in [2.05, 4.69) is 30.9 Å². The molecule has 0 spiro atoms. The van der Waals surface area contributed by atoms with Gasteiger partial charge in [-0.2, -0.15) is 0 Å². The fourth-order valence-electron chi connectivity index (χ4n) is 2.14. The molecule has 18 heavy (non-hydrogen) atoms.